The Morgan fingerprint density at radius 3 is 2.86 bits per heavy atom. The molecule has 1 N–H and O–H groups in total. The quantitative estimate of drug-likeness (QED) is 0.850. The summed E-state index contributed by atoms with van der Waals surface area (Å²) in [4.78, 5) is 13.3. The van der Waals surface area contributed by atoms with Crippen molar-refractivity contribution in [1.29, 1.82) is 0 Å². The maximum absolute atomic E-state index is 4.78. The van der Waals surface area contributed by atoms with Gasteiger partial charge < -0.3 is 5.32 Å². The third kappa shape index (κ3) is 3.04. The standard InChI is InChI=1S/C16H22N4S/c1-2-17-15-13-7-8-21-16(13)19-14(18-15)10-20(12-5-6-12)9-11-3-4-11/h7-8,11-12H,2-6,9-10H2,1H3,(H,17,18,19). The van der Waals surface area contributed by atoms with Crippen LogP contribution in [0.5, 0.6) is 0 Å². The fourth-order valence-corrected chi connectivity index (χ4v) is 3.65. The summed E-state index contributed by atoms with van der Waals surface area (Å²) in [7, 11) is 0. The fraction of sp³-hybridized carbons (Fsp3) is 0.625. The summed E-state index contributed by atoms with van der Waals surface area (Å²) in [6.07, 6.45) is 5.54. The molecular weight excluding hydrogens is 280 g/mol. The van der Waals surface area contributed by atoms with Crippen molar-refractivity contribution in [2.24, 2.45) is 5.92 Å². The molecule has 0 radical (unpaired) electrons. The van der Waals surface area contributed by atoms with Gasteiger partial charge in [0.1, 0.15) is 16.5 Å². The third-order valence-corrected chi connectivity index (χ3v) is 5.12. The lowest BCUT2D eigenvalue weighted by atomic mass is 10.3. The normalized spacial score (nSPS) is 18.6. The molecule has 0 amide bonds. The second kappa shape index (κ2) is 5.54. The molecule has 2 heterocycles. The maximum Gasteiger partial charge on any atom is 0.146 e. The third-order valence-electron chi connectivity index (χ3n) is 4.31. The zero-order chi connectivity index (χ0) is 14.2. The number of thiophene rings is 1. The summed E-state index contributed by atoms with van der Waals surface area (Å²) >= 11 is 1.71. The lowest BCUT2D eigenvalue weighted by molar-refractivity contribution is 0.238. The van der Waals surface area contributed by atoms with Crippen molar-refractivity contribution in [2.75, 3.05) is 18.4 Å². The molecule has 5 heteroatoms. The van der Waals surface area contributed by atoms with Gasteiger partial charge in [0.2, 0.25) is 0 Å². The van der Waals surface area contributed by atoms with E-state index in [1.165, 1.54) is 32.2 Å². The average Bonchev–Trinajstić information content (AvgIpc) is 3.38. The van der Waals surface area contributed by atoms with Crippen LogP contribution in [0.15, 0.2) is 11.4 Å². The number of rotatable bonds is 7. The van der Waals surface area contributed by atoms with E-state index in [0.29, 0.717) is 0 Å². The topological polar surface area (TPSA) is 41.1 Å². The number of aromatic nitrogens is 2. The minimum absolute atomic E-state index is 0.788. The van der Waals surface area contributed by atoms with E-state index in [0.717, 1.165) is 46.9 Å². The molecule has 0 atom stereocenters. The smallest absolute Gasteiger partial charge is 0.146 e. The van der Waals surface area contributed by atoms with Gasteiger partial charge >= 0.3 is 0 Å². The lowest BCUT2D eigenvalue weighted by Crippen LogP contribution is -2.28. The van der Waals surface area contributed by atoms with E-state index in [4.69, 9.17) is 9.97 Å². The maximum atomic E-state index is 4.78. The molecule has 4 nitrogen and oxygen atoms in total. The van der Waals surface area contributed by atoms with E-state index in [2.05, 4.69) is 28.6 Å². The van der Waals surface area contributed by atoms with E-state index in [9.17, 15) is 0 Å². The molecule has 0 saturated heterocycles. The molecular formula is C16H22N4S. The highest BCUT2D eigenvalue weighted by Gasteiger charge is 2.34. The first-order valence-electron chi connectivity index (χ1n) is 8.05. The number of hydrogen-bond donors (Lipinski definition) is 1. The van der Waals surface area contributed by atoms with Crippen molar-refractivity contribution in [3.63, 3.8) is 0 Å². The van der Waals surface area contributed by atoms with Gasteiger partial charge in [-0.2, -0.15) is 0 Å². The number of fused-ring (bicyclic) bond motifs is 1. The Morgan fingerprint density at radius 2 is 2.14 bits per heavy atom. The van der Waals surface area contributed by atoms with Crippen molar-refractivity contribution >= 4 is 27.4 Å². The van der Waals surface area contributed by atoms with Crippen LogP contribution < -0.4 is 5.32 Å². The van der Waals surface area contributed by atoms with Gasteiger partial charge in [-0.25, -0.2) is 9.97 Å². The number of hydrogen-bond acceptors (Lipinski definition) is 5. The van der Waals surface area contributed by atoms with E-state index in [1.54, 1.807) is 11.3 Å². The predicted molar refractivity (Wildman–Crippen MR) is 87.7 cm³/mol. The summed E-state index contributed by atoms with van der Waals surface area (Å²) in [5.74, 6) is 2.92. The van der Waals surface area contributed by atoms with Gasteiger partial charge in [0.25, 0.3) is 0 Å². The molecule has 2 aliphatic carbocycles. The van der Waals surface area contributed by atoms with Gasteiger partial charge in [-0.15, -0.1) is 11.3 Å². The van der Waals surface area contributed by atoms with Crippen molar-refractivity contribution < 1.29 is 0 Å². The van der Waals surface area contributed by atoms with Crippen LogP contribution in [0.3, 0.4) is 0 Å². The van der Waals surface area contributed by atoms with Crippen molar-refractivity contribution in [1.82, 2.24) is 14.9 Å². The second-order valence-electron chi connectivity index (χ2n) is 6.26. The first-order chi connectivity index (χ1) is 10.3. The van der Waals surface area contributed by atoms with Crippen LogP contribution in [-0.4, -0.2) is 34.0 Å². The van der Waals surface area contributed by atoms with Gasteiger partial charge in [0.05, 0.1) is 11.9 Å². The highest BCUT2D eigenvalue weighted by Crippen LogP contribution is 2.35. The first kappa shape index (κ1) is 13.5. The summed E-state index contributed by atoms with van der Waals surface area (Å²) in [6.45, 7) is 5.17. The molecule has 0 aliphatic heterocycles. The van der Waals surface area contributed by atoms with Gasteiger partial charge in [0.15, 0.2) is 0 Å². The predicted octanol–water partition coefficient (Wildman–Crippen LogP) is 3.50. The molecule has 0 aromatic carbocycles. The van der Waals surface area contributed by atoms with E-state index >= 15 is 0 Å². The van der Waals surface area contributed by atoms with Crippen molar-refractivity contribution in [2.45, 2.75) is 45.2 Å². The Balaban J connectivity index is 1.58. The highest BCUT2D eigenvalue weighted by molar-refractivity contribution is 7.16. The molecule has 0 unspecified atom stereocenters. The lowest BCUT2D eigenvalue weighted by Gasteiger charge is -2.21. The summed E-state index contributed by atoms with van der Waals surface area (Å²) < 4.78 is 0. The number of anilines is 1. The Hall–Kier alpha value is -1.20. The zero-order valence-corrected chi connectivity index (χ0v) is 13.3. The van der Waals surface area contributed by atoms with Crippen LogP contribution in [0, 0.1) is 5.92 Å². The highest BCUT2D eigenvalue weighted by atomic mass is 32.1. The minimum Gasteiger partial charge on any atom is -0.370 e. The van der Waals surface area contributed by atoms with Gasteiger partial charge in [0, 0.05) is 19.1 Å². The molecule has 2 aromatic heterocycles. The molecule has 0 spiro atoms. The number of nitrogens with one attached hydrogen (secondary N) is 1. The Labute approximate surface area is 129 Å². The largest absolute Gasteiger partial charge is 0.370 e. The monoisotopic (exact) mass is 302 g/mol. The fourth-order valence-electron chi connectivity index (χ4n) is 2.87. The van der Waals surface area contributed by atoms with Crippen LogP contribution in [0.1, 0.15) is 38.4 Å². The van der Waals surface area contributed by atoms with Crippen LogP contribution in [0.2, 0.25) is 0 Å². The van der Waals surface area contributed by atoms with Crippen LogP contribution in [-0.2, 0) is 6.54 Å². The van der Waals surface area contributed by atoms with Crippen molar-refractivity contribution in [3.05, 3.63) is 17.3 Å². The SMILES string of the molecule is CCNc1nc(CN(CC2CC2)C2CC2)nc2sccc12. The van der Waals surface area contributed by atoms with Crippen LogP contribution in [0.4, 0.5) is 5.82 Å². The van der Waals surface area contributed by atoms with E-state index in [-0.39, 0.29) is 0 Å². The van der Waals surface area contributed by atoms with Crippen LogP contribution in [0.25, 0.3) is 10.2 Å². The Kier molecular flexibility index (Phi) is 3.55. The molecule has 2 aliphatic rings. The molecule has 21 heavy (non-hydrogen) atoms. The number of nitrogens with zero attached hydrogens (tertiary/aromatic N) is 3. The summed E-state index contributed by atoms with van der Waals surface area (Å²) in [6, 6.07) is 2.90. The zero-order valence-electron chi connectivity index (χ0n) is 12.5. The summed E-state index contributed by atoms with van der Waals surface area (Å²) in [5, 5.41) is 6.65. The van der Waals surface area contributed by atoms with Crippen molar-refractivity contribution in [3.8, 4) is 0 Å². The summed E-state index contributed by atoms with van der Waals surface area (Å²) in [5.41, 5.74) is 0. The molecule has 2 fully saturated rings. The average molecular weight is 302 g/mol. The van der Waals surface area contributed by atoms with E-state index < -0.39 is 0 Å². The van der Waals surface area contributed by atoms with Gasteiger partial charge in [-0.1, -0.05) is 0 Å². The Bertz CT molecular complexity index is 630. The molecule has 2 aromatic rings. The van der Waals surface area contributed by atoms with Crippen LogP contribution >= 0.6 is 11.3 Å². The van der Waals surface area contributed by atoms with E-state index in [1.807, 2.05) is 0 Å². The second-order valence-corrected chi connectivity index (χ2v) is 7.16. The molecule has 0 bridgehead atoms. The first-order valence-corrected chi connectivity index (χ1v) is 8.93. The van der Waals surface area contributed by atoms with Gasteiger partial charge in [-0.05, 0) is 50.0 Å². The molecule has 112 valence electrons. The minimum atomic E-state index is 0.788. The molecule has 4 rings (SSSR count). The Morgan fingerprint density at radius 1 is 1.29 bits per heavy atom. The molecule has 2 saturated carbocycles. The van der Waals surface area contributed by atoms with Gasteiger partial charge in [-0.3, -0.25) is 4.90 Å².